The predicted octanol–water partition coefficient (Wildman–Crippen LogP) is 4.57. The van der Waals surface area contributed by atoms with Gasteiger partial charge >= 0.3 is 0 Å². The lowest BCUT2D eigenvalue weighted by molar-refractivity contribution is 0.628. The van der Waals surface area contributed by atoms with Crippen LogP contribution < -0.4 is 0 Å². The molecule has 0 aliphatic heterocycles. The van der Waals surface area contributed by atoms with Crippen molar-refractivity contribution in [2.45, 2.75) is 10.9 Å². The average Bonchev–Trinajstić information content (AvgIpc) is 2.88. The van der Waals surface area contributed by atoms with Gasteiger partial charge in [-0.3, -0.25) is 0 Å². The van der Waals surface area contributed by atoms with Gasteiger partial charge in [0, 0.05) is 17.8 Å². The number of nitrogens with zero attached hydrogens (tertiary/aromatic N) is 3. The highest BCUT2D eigenvalue weighted by molar-refractivity contribution is 7.98. The van der Waals surface area contributed by atoms with Gasteiger partial charge in [0.05, 0.1) is 5.56 Å². The van der Waals surface area contributed by atoms with Crippen LogP contribution in [0.25, 0.3) is 11.4 Å². The van der Waals surface area contributed by atoms with Crippen molar-refractivity contribution in [3.63, 3.8) is 0 Å². The highest BCUT2D eigenvalue weighted by Gasteiger charge is 2.14. The van der Waals surface area contributed by atoms with Crippen LogP contribution in [0.15, 0.2) is 53.7 Å². The molecule has 0 saturated heterocycles. The van der Waals surface area contributed by atoms with Gasteiger partial charge in [0.25, 0.3) is 0 Å². The Bertz CT molecular complexity index is 804. The van der Waals surface area contributed by atoms with E-state index in [1.165, 1.54) is 17.8 Å². The lowest BCUT2D eigenvalue weighted by Gasteiger charge is -2.05. The van der Waals surface area contributed by atoms with E-state index in [1.807, 2.05) is 31.3 Å². The third kappa shape index (κ3) is 3.00. The SMILES string of the molecule is Cn1c(SCc2ccccc2Cl)nnc1-c1ccccc1F. The van der Waals surface area contributed by atoms with Crippen LogP contribution in [0.4, 0.5) is 4.39 Å². The average molecular weight is 334 g/mol. The Morgan fingerprint density at radius 1 is 1.09 bits per heavy atom. The Morgan fingerprint density at radius 2 is 1.82 bits per heavy atom. The highest BCUT2D eigenvalue weighted by atomic mass is 35.5. The molecular formula is C16H13ClFN3S. The van der Waals surface area contributed by atoms with Crippen molar-refractivity contribution >= 4 is 23.4 Å². The second-order valence-corrected chi connectivity index (χ2v) is 6.07. The highest BCUT2D eigenvalue weighted by Crippen LogP contribution is 2.28. The van der Waals surface area contributed by atoms with E-state index in [-0.39, 0.29) is 5.82 Å². The Labute approximate surface area is 137 Å². The normalized spacial score (nSPS) is 10.9. The second-order valence-electron chi connectivity index (χ2n) is 4.73. The zero-order valence-corrected chi connectivity index (χ0v) is 13.4. The minimum atomic E-state index is -0.305. The zero-order valence-electron chi connectivity index (χ0n) is 11.8. The van der Waals surface area contributed by atoms with E-state index in [0.717, 1.165) is 15.7 Å². The monoisotopic (exact) mass is 333 g/mol. The van der Waals surface area contributed by atoms with Crippen molar-refractivity contribution < 1.29 is 4.39 Å². The van der Waals surface area contributed by atoms with Crippen molar-refractivity contribution in [3.8, 4) is 11.4 Å². The molecule has 0 aliphatic carbocycles. The number of thioether (sulfide) groups is 1. The quantitative estimate of drug-likeness (QED) is 0.655. The molecule has 2 aromatic carbocycles. The van der Waals surface area contributed by atoms with Gasteiger partial charge in [0.2, 0.25) is 0 Å². The molecule has 6 heteroatoms. The number of halogens is 2. The van der Waals surface area contributed by atoms with Crippen LogP contribution in [0.1, 0.15) is 5.56 Å². The molecule has 1 aromatic heterocycles. The largest absolute Gasteiger partial charge is 0.305 e. The maximum atomic E-state index is 13.9. The fraction of sp³-hybridized carbons (Fsp3) is 0.125. The molecule has 3 rings (SSSR count). The second kappa shape index (κ2) is 6.50. The van der Waals surface area contributed by atoms with Crippen molar-refractivity contribution in [2.75, 3.05) is 0 Å². The number of aromatic nitrogens is 3. The Kier molecular flexibility index (Phi) is 4.45. The lowest BCUT2D eigenvalue weighted by atomic mass is 10.2. The third-order valence-electron chi connectivity index (χ3n) is 3.26. The van der Waals surface area contributed by atoms with Crippen LogP contribution in [0.5, 0.6) is 0 Å². The molecule has 0 aliphatic rings. The standard InChI is InChI=1S/C16H13ClFN3S/c1-21-15(12-7-3-5-9-14(12)18)19-20-16(21)22-10-11-6-2-4-8-13(11)17/h2-9H,10H2,1H3. The van der Waals surface area contributed by atoms with Gasteiger partial charge in [-0.15, -0.1) is 10.2 Å². The molecule has 1 heterocycles. The van der Waals surface area contributed by atoms with Gasteiger partial charge in [-0.2, -0.15) is 0 Å². The van der Waals surface area contributed by atoms with Crippen LogP contribution in [0.2, 0.25) is 5.02 Å². The van der Waals surface area contributed by atoms with Gasteiger partial charge in [-0.1, -0.05) is 53.7 Å². The molecule has 0 atom stereocenters. The number of hydrogen-bond acceptors (Lipinski definition) is 3. The molecule has 3 nitrogen and oxygen atoms in total. The smallest absolute Gasteiger partial charge is 0.191 e. The van der Waals surface area contributed by atoms with Crippen molar-refractivity contribution in [3.05, 3.63) is 64.9 Å². The Balaban J connectivity index is 1.83. The van der Waals surface area contributed by atoms with Crippen molar-refractivity contribution in [2.24, 2.45) is 7.05 Å². The maximum Gasteiger partial charge on any atom is 0.191 e. The minimum absolute atomic E-state index is 0.305. The van der Waals surface area contributed by atoms with Gasteiger partial charge < -0.3 is 4.57 Å². The minimum Gasteiger partial charge on any atom is -0.305 e. The van der Waals surface area contributed by atoms with E-state index in [1.54, 1.807) is 22.8 Å². The van der Waals surface area contributed by atoms with Gasteiger partial charge in [0.1, 0.15) is 5.82 Å². The zero-order chi connectivity index (χ0) is 15.5. The molecule has 22 heavy (non-hydrogen) atoms. The topological polar surface area (TPSA) is 30.7 Å². The first-order chi connectivity index (χ1) is 10.7. The lowest BCUT2D eigenvalue weighted by Crippen LogP contribution is -1.96. The molecule has 0 unspecified atom stereocenters. The van der Waals surface area contributed by atoms with Crippen molar-refractivity contribution in [1.29, 1.82) is 0 Å². The molecule has 0 radical (unpaired) electrons. The van der Waals surface area contributed by atoms with Crippen LogP contribution in [0.3, 0.4) is 0 Å². The van der Waals surface area contributed by atoms with E-state index in [0.29, 0.717) is 17.1 Å². The molecule has 0 fully saturated rings. The molecule has 0 amide bonds. The summed E-state index contributed by atoms with van der Waals surface area (Å²) in [5.74, 6) is 0.892. The summed E-state index contributed by atoms with van der Waals surface area (Å²) in [5, 5.41) is 9.69. The molecule has 0 N–H and O–H groups in total. The first kappa shape index (κ1) is 15.1. The maximum absolute atomic E-state index is 13.9. The van der Waals surface area contributed by atoms with E-state index in [4.69, 9.17) is 11.6 Å². The molecule has 112 valence electrons. The van der Waals surface area contributed by atoms with Crippen LogP contribution in [-0.2, 0) is 12.8 Å². The third-order valence-corrected chi connectivity index (χ3v) is 4.70. The summed E-state index contributed by atoms with van der Waals surface area (Å²) in [7, 11) is 1.83. The summed E-state index contributed by atoms with van der Waals surface area (Å²) in [6, 6.07) is 14.2. The number of hydrogen-bond donors (Lipinski definition) is 0. The molecule has 0 bridgehead atoms. The van der Waals surface area contributed by atoms with E-state index < -0.39 is 0 Å². The summed E-state index contributed by atoms with van der Waals surface area (Å²) in [6.07, 6.45) is 0. The summed E-state index contributed by atoms with van der Waals surface area (Å²) in [5.41, 5.74) is 1.48. The van der Waals surface area contributed by atoms with Gasteiger partial charge in [-0.25, -0.2) is 4.39 Å². The summed E-state index contributed by atoms with van der Waals surface area (Å²) >= 11 is 7.66. The Morgan fingerprint density at radius 3 is 2.59 bits per heavy atom. The summed E-state index contributed by atoms with van der Waals surface area (Å²) in [4.78, 5) is 0. The van der Waals surface area contributed by atoms with Crippen LogP contribution in [-0.4, -0.2) is 14.8 Å². The summed E-state index contributed by atoms with van der Waals surface area (Å²) in [6.45, 7) is 0. The van der Waals surface area contributed by atoms with E-state index in [2.05, 4.69) is 10.2 Å². The number of rotatable bonds is 4. The fourth-order valence-electron chi connectivity index (χ4n) is 2.08. The fourth-order valence-corrected chi connectivity index (χ4v) is 3.27. The molecule has 3 aromatic rings. The summed E-state index contributed by atoms with van der Waals surface area (Å²) < 4.78 is 15.7. The molecule has 0 spiro atoms. The molecular weight excluding hydrogens is 321 g/mol. The molecule has 0 saturated carbocycles. The van der Waals surface area contributed by atoms with Crippen LogP contribution >= 0.6 is 23.4 Å². The van der Waals surface area contributed by atoms with Crippen LogP contribution in [0, 0.1) is 5.82 Å². The first-order valence-electron chi connectivity index (χ1n) is 6.67. The Hall–Kier alpha value is -1.85. The number of benzene rings is 2. The predicted molar refractivity (Wildman–Crippen MR) is 87.4 cm³/mol. The van der Waals surface area contributed by atoms with Gasteiger partial charge in [-0.05, 0) is 23.8 Å². The first-order valence-corrected chi connectivity index (χ1v) is 8.03. The van der Waals surface area contributed by atoms with E-state index in [9.17, 15) is 4.39 Å². The van der Waals surface area contributed by atoms with Gasteiger partial charge in [0.15, 0.2) is 11.0 Å². The van der Waals surface area contributed by atoms with E-state index >= 15 is 0 Å². The van der Waals surface area contributed by atoms with Crippen molar-refractivity contribution in [1.82, 2.24) is 14.8 Å².